The zero-order chi connectivity index (χ0) is 14.4. The molecule has 0 bridgehead atoms. The van der Waals surface area contributed by atoms with Crippen LogP contribution in [0.1, 0.15) is 16.8 Å². The van der Waals surface area contributed by atoms with Gasteiger partial charge < -0.3 is 19.7 Å². The van der Waals surface area contributed by atoms with Gasteiger partial charge >= 0.3 is 0 Å². The van der Waals surface area contributed by atoms with Gasteiger partial charge in [0.25, 0.3) is 0 Å². The summed E-state index contributed by atoms with van der Waals surface area (Å²) in [6.45, 7) is 4.82. The van der Waals surface area contributed by atoms with E-state index in [0.717, 1.165) is 32.7 Å². The number of nitrogens with zero attached hydrogens (tertiary/aromatic N) is 1. The highest BCUT2D eigenvalue weighted by atomic mass is 16.5. The lowest BCUT2D eigenvalue weighted by atomic mass is 10.1. The van der Waals surface area contributed by atoms with Crippen LogP contribution < -0.4 is 14.8 Å². The standard InChI is InChI=1S/C15H22N2O3/c1-19-12-3-4-13(15(11-12)20-2)14(18)5-8-17-9-6-16-7-10-17/h3-4,11,16H,5-10H2,1-2H3. The summed E-state index contributed by atoms with van der Waals surface area (Å²) in [4.78, 5) is 14.6. The molecule has 1 N–H and O–H groups in total. The Morgan fingerprint density at radius 1 is 1.25 bits per heavy atom. The summed E-state index contributed by atoms with van der Waals surface area (Å²) >= 11 is 0. The number of hydrogen-bond acceptors (Lipinski definition) is 5. The van der Waals surface area contributed by atoms with E-state index in [4.69, 9.17) is 9.47 Å². The normalized spacial score (nSPS) is 15.9. The van der Waals surface area contributed by atoms with Crippen LogP contribution in [0.25, 0.3) is 0 Å². The van der Waals surface area contributed by atoms with E-state index < -0.39 is 0 Å². The molecule has 1 aliphatic rings. The van der Waals surface area contributed by atoms with Crippen LogP contribution in [-0.4, -0.2) is 57.6 Å². The third-order valence-electron chi connectivity index (χ3n) is 3.57. The Bertz CT molecular complexity index is 456. The number of carbonyl (C=O) groups excluding carboxylic acids is 1. The van der Waals surface area contributed by atoms with Gasteiger partial charge in [0.2, 0.25) is 0 Å². The first-order valence-corrected chi connectivity index (χ1v) is 6.93. The molecular weight excluding hydrogens is 256 g/mol. The van der Waals surface area contributed by atoms with E-state index in [2.05, 4.69) is 10.2 Å². The fourth-order valence-corrected chi connectivity index (χ4v) is 2.36. The van der Waals surface area contributed by atoms with Crippen molar-refractivity contribution in [1.29, 1.82) is 0 Å². The van der Waals surface area contributed by atoms with E-state index in [0.29, 0.717) is 23.5 Å². The average molecular weight is 278 g/mol. The number of nitrogens with one attached hydrogen (secondary N) is 1. The van der Waals surface area contributed by atoms with Gasteiger partial charge in [0.05, 0.1) is 19.8 Å². The highest BCUT2D eigenvalue weighted by molar-refractivity contribution is 5.99. The third-order valence-corrected chi connectivity index (χ3v) is 3.57. The van der Waals surface area contributed by atoms with E-state index in [1.165, 1.54) is 0 Å². The van der Waals surface area contributed by atoms with Gasteiger partial charge in [0, 0.05) is 45.2 Å². The molecule has 1 heterocycles. The number of ketones is 1. The molecule has 0 radical (unpaired) electrons. The van der Waals surface area contributed by atoms with Crippen LogP contribution in [0, 0.1) is 0 Å². The van der Waals surface area contributed by atoms with Crippen molar-refractivity contribution in [2.45, 2.75) is 6.42 Å². The van der Waals surface area contributed by atoms with Gasteiger partial charge in [-0.2, -0.15) is 0 Å². The molecule has 0 spiro atoms. The topological polar surface area (TPSA) is 50.8 Å². The summed E-state index contributed by atoms with van der Waals surface area (Å²) in [7, 11) is 3.17. The molecule has 0 atom stereocenters. The van der Waals surface area contributed by atoms with Gasteiger partial charge in [0.1, 0.15) is 11.5 Å². The SMILES string of the molecule is COc1ccc(C(=O)CCN2CCNCC2)c(OC)c1. The quantitative estimate of drug-likeness (QED) is 0.792. The summed E-state index contributed by atoms with van der Waals surface area (Å²) in [5.41, 5.74) is 0.628. The molecule has 1 aliphatic heterocycles. The van der Waals surface area contributed by atoms with Gasteiger partial charge in [-0.3, -0.25) is 4.79 Å². The second-order valence-corrected chi connectivity index (χ2v) is 4.83. The minimum atomic E-state index is 0.114. The molecular formula is C15H22N2O3. The third kappa shape index (κ3) is 3.71. The van der Waals surface area contributed by atoms with Crippen molar-refractivity contribution in [3.8, 4) is 11.5 Å². The van der Waals surface area contributed by atoms with Gasteiger partial charge in [-0.05, 0) is 12.1 Å². The second-order valence-electron chi connectivity index (χ2n) is 4.83. The zero-order valence-corrected chi connectivity index (χ0v) is 12.1. The smallest absolute Gasteiger partial charge is 0.167 e. The maximum Gasteiger partial charge on any atom is 0.167 e. The van der Waals surface area contributed by atoms with Gasteiger partial charge in [0.15, 0.2) is 5.78 Å². The molecule has 0 unspecified atom stereocenters. The van der Waals surface area contributed by atoms with E-state index in [1.54, 1.807) is 32.4 Å². The van der Waals surface area contributed by atoms with Crippen LogP contribution in [0.5, 0.6) is 11.5 Å². The van der Waals surface area contributed by atoms with Crippen LogP contribution >= 0.6 is 0 Å². The fraction of sp³-hybridized carbons (Fsp3) is 0.533. The minimum Gasteiger partial charge on any atom is -0.497 e. The number of methoxy groups -OCH3 is 2. The predicted octanol–water partition coefficient (Wildman–Crippen LogP) is 1.18. The highest BCUT2D eigenvalue weighted by Crippen LogP contribution is 2.25. The summed E-state index contributed by atoms with van der Waals surface area (Å²) in [5, 5.41) is 3.30. The van der Waals surface area contributed by atoms with Crippen LogP contribution in [-0.2, 0) is 0 Å². The van der Waals surface area contributed by atoms with Crippen LogP contribution in [0.15, 0.2) is 18.2 Å². The molecule has 1 saturated heterocycles. The number of ether oxygens (including phenoxy) is 2. The maximum absolute atomic E-state index is 12.3. The van der Waals surface area contributed by atoms with E-state index >= 15 is 0 Å². The molecule has 5 heteroatoms. The molecule has 2 rings (SSSR count). The van der Waals surface area contributed by atoms with E-state index in [1.807, 2.05) is 0 Å². The molecule has 5 nitrogen and oxygen atoms in total. The Kier molecular flexibility index (Phi) is 5.38. The van der Waals surface area contributed by atoms with E-state index in [9.17, 15) is 4.79 Å². The largest absolute Gasteiger partial charge is 0.497 e. The van der Waals surface area contributed by atoms with Gasteiger partial charge in [-0.25, -0.2) is 0 Å². The number of benzene rings is 1. The zero-order valence-electron chi connectivity index (χ0n) is 12.1. The number of hydrogen-bond donors (Lipinski definition) is 1. The predicted molar refractivity (Wildman–Crippen MR) is 77.8 cm³/mol. The summed E-state index contributed by atoms with van der Waals surface area (Å²) in [6, 6.07) is 5.32. The van der Waals surface area contributed by atoms with Crippen LogP contribution in [0.2, 0.25) is 0 Å². The monoisotopic (exact) mass is 278 g/mol. The maximum atomic E-state index is 12.3. The molecule has 20 heavy (non-hydrogen) atoms. The molecule has 1 aromatic carbocycles. The molecule has 0 aliphatic carbocycles. The van der Waals surface area contributed by atoms with Gasteiger partial charge in [-0.15, -0.1) is 0 Å². The summed E-state index contributed by atoms with van der Waals surface area (Å²) < 4.78 is 10.4. The van der Waals surface area contributed by atoms with Crippen molar-refractivity contribution >= 4 is 5.78 Å². The number of rotatable bonds is 6. The van der Waals surface area contributed by atoms with E-state index in [-0.39, 0.29) is 5.78 Å². The molecule has 0 amide bonds. The van der Waals surface area contributed by atoms with Gasteiger partial charge in [-0.1, -0.05) is 0 Å². The van der Waals surface area contributed by atoms with Crippen molar-refractivity contribution < 1.29 is 14.3 Å². The fourth-order valence-electron chi connectivity index (χ4n) is 2.36. The Labute approximate surface area is 119 Å². The number of carbonyl (C=O) groups is 1. The highest BCUT2D eigenvalue weighted by Gasteiger charge is 2.16. The lowest BCUT2D eigenvalue weighted by molar-refractivity contribution is 0.0957. The van der Waals surface area contributed by atoms with Crippen molar-refractivity contribution in [3.63, 3.8) is 0 Å². The Morgan fingerprint density at radius 3 is 2.65 bits per heavy atom. The number of Topliss-reactive ketones (excluding diaryl/α,β-unsaturated/α-hetero) is 1. The lowest BCUT2D eigenvalue weighted by Gasteiger charge is -2.26. The van der Waals surface area contributed by atoms with Crippen molar-refractivity contribution in [3.05, 3.63) is 23.8 Å². The van der Waals surface area contributed by atoms with Crippen molar-refractivity contribution in [2.75, 3.05) is 46.9 Å². The summed E-state index contributed by atoms with van der Waals surface area (Å²) in [6.07, 6.45) is 0.517. The van der Waals surface area contributed by atoms with Crippen molar-refractivity contribution in [1.82, 2.24) is 10.2 Å². The number of piperazine rings is 1. The molecule has 0 aromatic heterocycles. The van der Waals surface area contributed by atoms with Crippen molar-refractivity contribution in [2.24, 2.45) is 0 Å². The summed E-state index contributed by atoms with van der Waals surface area (Å²) in [5.74, 6) is 1.39. The minimum absolute atomic E-state index is 0.114. The molecule has 110 valence electrons. The first-order valence-electron chi connectivity index (χ1n) is 6.93. The Morgan fingerprint density at radius 2 is 2.00 bits per heavy atom. The Hall–Kier alpha value is -1.59. The first-order chi connectivity index (χ1) is 9.74. The lowest BCUT2D eigenvalue weighted by Crippen LogP contribution is -2.44. The second kappa shape index (κ2) is 7.26. The van der Waals surface area contributed by atoms with Crippen LogP contribution in [0.3, 0.4) is 0 Å². The average Bonchev–Trinajstić information content (AvgIpc) is 2.52. The molecule has 1 aromatic rings. The van der Waals surface area contributed by atoms with Crippen LogP contribution in [0.4, 0.5) is 0 Å². The first kappa shape index (κ1) is 14.8. The Balaban J connectivity index is 1.97. The molecule has 1 fully saturated rings. The molecule has 0 saturated carbocycles.